The average molecular weight is 499 g/mol. The van der Waals surface area contributed by atoms with Crippen molar-refractivity contribution in [2.24, 2.45) is 29.6 Å². The van der Waals surface area contributed by atoms with Crippen molar-refractivity contribution < 1.29 is 54.9 Å². The number of allylic oxidation sites excluding steroid dienone is 2. The molecule has 2 saturated heterocycles. The van der Waals surface area contributed by atoms with E-state index in [1.165, 1.54) is 14.2 Å². The number of ether oxygens (including phenoxy) is 2. The molecule has 1 saturated carbocycles. The predicted octanol–water partition coefficient (Wildman–Crippen LogP) is 1.75. The number of fused-ring (bicyclic) bond motifs is 3. The van der Waals surface area contributed by atoms with Crippen LogP contribution in [-0.2, 0) is 54.9 Å². The van der Waals surface area contributed by atoms with Gasteiger partial charge in [0.15, 0.2) is 0 Å². The minimum atomic E-state index is -0.425. The molecule has 0 spiro atoms. The quantitative estimate of drug-likeness (QED) is 0.188. The van der Waals surface area contributed by atoms with Gasteiger partial charge in [0.2, 0.25) is 0 Å². The number of hydrogen-bond donors (Lipinski definition) is 0. The van der Waals surface area contributed by atoms with Gasteiger partial charge in [-0.05, 0) is 32.6 Å². The Morgan fingerprint density at radius 3 is 1.85 bits per heavy atom. The van der Waals surface area contributed by atoms with Crippen LogP contribution in [0.4, 0.5) is 0 Å². The number of rotatable bonds is 2. The zero-order chi connectivity index (χ0) is 24.4. The van der Waals surface area contributed by atoms with Crippen molar-refractivity contribution in [3.05, 3.63) is 43.2 Å². The number of carbonyl (C=O) groups is 2. The summed E-state index contributed by atoms with van der Waals surface area (Å²) in [5, 5.41) is 2.20. The fourth-order valence-electron chi connectivity index (χ4n) is 6.37. The van der Waals surface area contributed by atoms with Gasteiger partial charge in [-0.25, -0.2) is 9.59 Å². The Hall–Kier alpha value is -1.92. The van der Waals surface area contributed by atoms with Crippen LogP contribution in [0.5, 0.6) is 0 Å². The van der Waals surface area contributed by atoms with Crippen molar-refractivity contribution >= 4 is 11.9 Å². The molecule has 6 rings (SSSR count). The summed E-state index contributed by atoms with van der Waals surface area (Å²) < 4.78 is 32.5. The molecular weight excluding hydrogens is 474 g/mol. The molecule has 2 aliphatic heterocycles. The van der Waals surface area contributed by atoms with Gasteiger partial charge in [-0.3, -0.25) is 4.84 Å². The van der Waals surface area contributed by atoms with Crippen LogP contribution >= 0.6 is 0 Å². The van der Waals surface area contributed by atoms with Crippen LogP contribution < -0.4 is 0 Å². The Bertz CT molecular complexity index is 874. The minimum absolute atomic E-state index is 0. The second-order valence-electron chi connectivity index (χ2n) is 8.79. The topological polar surface area (TPSA) is 125 Å². The summed E-state index contributed by atoms with van der Waals surface area (Å²) in [4.78, 5) is 31.4. The molecule has 0 N–H and O–H groups in total. The summed E-state index contributed by atoms with van der Waals surface area (Å²) in [6, 6.07) is 0.407. The Kier molecular flexibility index (Phi) is 10.1. The summed E-state index contributed by atoms with van der Waals surface area (Å²) in [6.07, 6.45) is 6.54. The van der Waals surface area contributed by atoms with Gasteiger partial charge < -0.3 is 9.47 Å². The largest absolute Gasteiger partial charge is 0 e. The molecule has 7 atom stereocenters. The molecule has 9 nitrogen and oxygen atoms in total. The van der Waals surface area contributed by atoms with E-state index in [4.69, 9.17) is 28.3 Å². The number of hydroxylamine groups is 2. The Balaban J connectivity index is 0.000000723. The van der Waals surface area contributed by atoms with Gasteiger partial charge in [0.25, 0.3) is 0 Å². The third kappa shape index (κ3) is 4.21. The van der Waals surface area contributed by atoms with Crippen molar-refractivity contribution in [3.63, 3.8) is 0 Å². The average Bonchev–Trinajstić information content (AvgIpc) is 3.31. The molecule has 0 aromatic carbocycles. The fraction of sp³-hybridized carbons (Fsp3) is 0.609. The second kappa shape index (κ2) is 11.5. The van der Waals surface area contributed by atoms with Crippen molar-refractivity contribution in [1.82, 2.24) is 5.06 Å². The van der Waals surface area contributed by atoms with Gasteiger partial charge >= 0.3 is 45.8 Å². The van der Waals surface area contributed by atoms with E-state index in [0.29, 0.717) is 29.0 Å². The maximum absolute atomic E-state index is 12.5. The van der Waals surface area contributed by atoms with Crippen LogP contribution in [0.1, 0.15) is 26.7 Å². The monoisotopic (exact) mass is 499 g/mol. The first kappa shape index (κ1) is 29.1. The van der Waals surface area contributed by atoms with Gasteiger partial charge in [-0.2, -0.15) is 5.06 Å². The molecule has 33 heavy (non-hydrogen) atoms. The maximum Gasteiger partial charge on any atom is 0 e. The van der Waals surface area contributed by atoms with E-state index in [1.54, 1.807) is 0 Å². The molecule has 6 aliphatic rings. The van der Waals surface area contributed by atoms with Crippen LogP contribution in [0.3, 0.4) is 0 Å². The summed E-state index contributed by atoms with van der Waals surface area (Å²) in [5.74, 6) is -0.0611. The van der Waals surface area contributed by atoms with Crippen LogP contribution in [0.2, 0.25) is 0 Å². The van der Waals surface area contributed by atoms with Crippen molar-refractivity contribution in [1.29, 1.82) is 0 Å². The summed E-state index contributed by atoms with van der Waals surface area (Å²) >= 11 is 0. The van der Waals surface area contributed by atoms with Crippen molar-refractivity contribution in [3.8, 4) is 0 Å². The van der Waals surface area contributed by atoms with Gasteiger partial charge in [0.1, 0.15) is 0 Å². The summed E-state index contributed by atoms with van der Waals surface area (Å²) in [7, 11) is 2.74. The fourth-order valence-corrected chi connectivity index (χ4v) is 6.37. The van der Waals surface area contributed by atoms with E-state index in [2.05, 4.69) is 51.0 Å². The number of hydrogen-bond acceptors (Lipinski definition) is 6. The first-order valence-corrected chi connectivity index (χ1v) is 10.1. The van der Waals surface area contributed by atoms with E-state index in [-0.39, 0.29) is 46.5 Å². The third-order valence-corrected chi connectivity index (χ3v) is 7.40. The Morgan fingerprint density at radius 2 is 1.39 bits per heavy atom. The van der Waals surface area contributed by atoms with E-state index in [1.807, 2.05) is 0 Å². The minimum Gasteiger partial charge on any atom is 0 e. The summed E-state index contributed by atoms with van der Waals surface area (Å²) in [6.45, 7) is 18.0. The number of carbonyl (C=O) groups excluding carboxylic acids is 2. The van der Waals surface area contributed by atoms with E-state index < -0.39 is 11.9 Å². The van der Waals surface area contributed by atoms with E-state index in [9.17, 15) is 9.59 Å². The van der Waals surface area contributed by atoms with Gasteiger partial charge in [0.05, 0.1) is 31.5 Å². The molecule has 0 radical (unpaired) electrons. The van der Waals surface area contributed by atoms with Gasteiger partial charge in [-0.15, -0.1) is 0 Å². The molecule has 0 amide bonds. The van der Waals surface area contributed by atoms with Crippen LogP contribution in [-0.4, -0.2) is 48.9 Å². The standard InChI is InChI=1S/C20H25NO5.3CO.Fe/c1-20(2)8-7-11-16-12-9-5-6-10(13(12)17(16)26-21(11)20)15(19(23)25-4)14(9)18(22)24-3;3*1-2;/h5-6,9-13,16-17H,7-8H2,1-4H3;;;;/t9-,10+,11?,12+,13-,16-,17+;;;;/m1..../s1. The molecule has 2 bridgehead atoms. The molecular formula is C23H25FeNO8. The Morgan fingerprint density at radius 1 is 0.939 bits per heavy atom. The Labute approximate surface area is 203 Å². The van der Waals surface area contributed by atoms with Gasteiger partial charge in [-0.1, -0.05) is 12.2 Å². The number of nitrogens with zero attached hydrogens (tertiary/aromatic N) is 1. The molecule has 2 heterocycles. The molecule has 3 fully saturated rings. The van der Waals surface area contributed by atoms with Crippen molar-refractivity contribution in [2.45, 2.75) is 44.4 Å². The summed E-state index contributed by atoms with van der Waals surface area (Å²) in [5.41, 5.74) is 1.02. The van der Waals surface area contributed by atoms with E-state index in [0.717, 1.165) is 12.8 Å². The first-order valence-electron chi connectivity index (χ1n) is 10.1. The SMILES string of the molecule is COC(=O)C1=C(C(=O)OC)[C@@H]2C=C[C@H]1[C@H]1[C@@H]3ON4C(CCC4(C)C)[C@@H]3[C@H]12.[C-]#[O+].[C-]#[O+].[C-]#[O+].[Fe]. The molecule has 0 aromatic heterocycles. The second-order valence-corrected chi connectivity index (χ2v) is 8.79. The normalized spacial score (nSPS) is 35.0. The van der Waals surface area contributed by atoms with E-state index >= 15 is 0 Å². The zero-order valence-electron chi connectivity index (χ0n) is 18.7. The van der Waals surface area contributed by atoms with Crippen LogP contribution in [0.25, 0.3) is 0 Å². The number of esters is 2. The zero-order valence-corrected chi connectivity index (χ0v) is 19.8. The maximum atomic E-state index is 12.5. The molecule has 4 aliphatic carbocycles. The molecule has 1 unspecified atom stereocenters. The predicted molar refractivity (Wildman–Crippen MR) is 103 cm³/mol. The molecule has 0 aromatic rings. The van der Waals surface area contributed by atoms with Crippen molar-refractivity contribution in [2.75, 3.05) is 14.2 Å². The van der Waals surface area contributed by atoms with Crippen LogP contribution in [0.15, 0.2) is 23.3 Å². The van der Waals surface area contributed by atoms with Gasteiger partial charge in [0, 0.05) is 52.3 Å². The molecule has 10 heteroatoms. The van der Waals surface area contributed by atoms with Crippen LogP contribution in [0, 0.1) is 49.5 Å². The third-order valence-electron chi connectivity index (χ3n) is 7.40. The number of methoxy groups -OCH3 is 2. The smallest absolute Gasteiger partial charge is 0 e. The first-order chi connectivity index (χ1) is 15.4. The molecule has 178 valence electrons.